The molecule has 4 rings (SSSR count). The molecule has 9 nitrogen and oxygen atoms in total. The highest BCUT2D eigenvalue weighted by Crippen LogP contribution is 2.44. The molecule has 1 unspecified atom stereocenters. The van der Waals surface area contributed by atoms with Crippen LogP contribution in [0.4, 0.5) is 0 Å². The van der Waals surface area contributed by atoms with Gasteiger partial charge in [-0.2, -0.15) is 0 Å². The maximum Gasteiger partial charge on any atom is 0.337 e. The molecule has 0 radical (unpaired) electrons. The summed E-state index contributed by atoms with van der Waals surface area (Å²) in [6.45, 7) is 3.46. The first kappa shape index (κ1) is 21.8. The molecule has 0 fully saturated rings. The molecule has 1 aliphatic carbocycles. The Hall–Kier alpha value is -4.40. The molecule has 33 heavy (non-hydrogen) atoms. The zero-order valence-electron chi connectivity index (χ0n) is 18.0. The lowest BCUT2D eigenvalue weighted by molar-refractivity contribution is -0.139. The zero-order chi connectivity index (χ0) is 23.8. The van der Waals surface area contributed by atoms with E-state index in [1.54, 1.807) is 25.1 Å². The summed E-state index contributed by atoms with van der Waals surface area (Å²) in [5, 5.41) is 42.9. The average molecular weight is 443 g/mol. The smallest absolute Gasteiger partial charge is 0.337 e. The minimum Gasteiger partial charge on any atom is -0.480 e. The minimum absolute atomic E-state index is 0.251. The van der Waals surface area contributed by atoms with Crippen molar-refractivity contribution in [2.45, 2.75) is 25.7 Å². The van der Waals surface area contributed by atoms with Gasteiger partial charge in [0.1, 0.15) is 0 Å². The number of hydrogen-bond donors (Lipinski definition) is 4. The van der Waals surface area contributed by atoms with Gasteiger partial charge in [0, 0.05) is 5.56 Å². The predicted molar refractivity (Wildman–Crippen MR) is 121 cm³/mol. The van der Waals surface area contributed by atoms with Crippen molar-refractivity contribution in [1.82, 2.24) is 20.6 Å². The van der Waals surface area contributed by atoms with Gasteiger partial charge in [0.05, 0.1) is 11.3 Å². The van der Waals surface area contributed by atoms with Gasteiger partial charge in [0.2, 0.25) is 0 Å². The molecule has 1 atom stereocenters. The fourth-order valence-electron chi connectivity index (χ4n) is 4.39. The van der Waals surface area contributed by atoms with Gasteiger partial charge >= 0.3 is 11.9 Å². The fourth-order valence-corrected chi connectivity index (χ4v) is 4.39. The number of benzene rings is 2. The molecule has 4 N–H and O–H groups in total. The number of carboxylic acids is 2. The molecule has 1 aliphatic rings. The van der Waals surface area contributed by atoms with E-state index in [4.69, 9.17) is 5.41 Å². The number of aromatic amines is 1. The van der Waals surface area contributed by atoms with E-state index in [0.717, 1.165) is 11.1 Å². The Morgan fingerprint density at radius 2 is 1.82 bits per heavy atom. The summed E-state index contributed by atoms with van der Waals surface area (Å²) in [6.07, 6.45) is 1.81. The summed E-state index contributed by atoms with van der Waals surface area (Å²) in [7, 11) is 0. The molecule has 1 heterocycles. The van der Waals surface area contributed by atoms with Gasteiger partial charge in [-0.25, -0.2) is 9.89 Å². The highest BCUT2D eigenvalue weighted by molar-refractivity contribution is 6.31. The third-order valence-electron chi connectivity index (χ3n) is 6.08. The highest BCUT2D eigenvalue weighted by Gasteiger charge is 2.51. The quantitative estimate of drug-likeness (QED) is 0.454. The summed E-state index contributed by atoms with van der Waals surface area (Å²) >= 11 is 0. The maximum atomic E-state index is 12.8. The summed E-state index contributed by atoms with van der Waals surface area (Å²) < 4.78 is 0. The maximum absolute atomic E-state index is 12.8. The largest absolute Gasteiger partial charge is 0.480 e. The number of aromatic nitrogens is 4. The Kier molecular flexibility index (Phi) is 5.47. The number of allylic oxidation sites excluding steroid dienone is 2. The third-order valence-corrected chi connectivity index (χ3v) is 6.08. The van der Waals surface area contributed by atoms with Gasteiger partial charge in [0.25, 0.3) is 0 Å². The van der Waals surface area contributed by atoms with Crippen LogP contribution in [0.25, 0.3) is 22.5 Å². The van der Waals surface area contributed by atoms with Crippen LogP contribution in [0.2, 0.25) is 0 Å². The van der Waals surface area contributed by atoms with E-state index < -0.39 is 23.1 Å². The van der Waals surface area contributed by atoms with Crippen LogP contribution in [0, 0.1) is 5.41 Å². The van der Waals surface area contributed by atoms with Crippen LogP contribution in [0.15, 0.2) is 71.3 Å². The second-order valence-corrected chi connectivity index (χ2v) is 7.67. The molecule has 9 heteroatoms. The van der Waals surface area contributed by atoms with E-state index in [2.05, 4.69) is 20.6 Å². The molecule has 1 aromatic heterocycles. The molecule has 0 aliphatic heterocycles. The highest BCUT2D eigenvalue weighted by atomic mass is 16.4. The minimum atomic E-state index is -1.97. The molecule has 0 spiro atoms. The first-order valence-corrected chi connectivity index (χ1v) is 10.2. The summed E-state index contributed by atoms with van der Waals surface area (Å²) in [5.41, 5.74) is 0.586. The van der Waals surface area contributed by atoms with Crippen LogP contribution in [-0.2, 0) is 15.0 Å². The van der Waals surface area contributed by atoms with Crippen molar-refractivity contribution in [1.29, 1.82) is 5.41 Å². The SMILES string of the molecule is CCC1=C(C)C(C(=O)O)(c2ccc(-c3ccccc3)c(-c3nnn[nH]3)c2)C(=N)C(C(=O)O)=C1. The lowest BCUT2D eigenvalue weighted by atomic mass is 9.64. The molecular formula is C24H21N5O4. The Labute approximate surface area is 189 Å². The number of tetrazole rings is 1. The molecule has 2 aromatic carbocycles. The van der Waals surface area contributed by atoms with Gasteiger partial charge < -0.3 is 15.6 Å². The van der Waals surface area contributed by atoms with Crippen molar-refractivity contribution in [3.8, 4) is 22.5 Å². The zero-order valence-corrected chi connectivity index (χ0v) is 18.0. The number of nitrogens with one attached hydrogen (secondary N) is 2. The van der Waals surface area contributed by atoms with Crippen LogP contribution >= 0.6 is 0 Å². The number of H-pyrrole nitrogens is 1. The number of aliphatic carboxylic acids is 2. The number of carbonyl (C=O) groups is 2. The predicted octanol–water partition coefficient (Wildman–Crippen LogP) is 3.63. The first-order valence-electron chi connectivity index (χ1n) is 10.2. The summed E-state index contributed by atoms with van der Waals surface area (Å²) in [4.78, 5) is 24.7. The molecule has 0 amide bonds. The second kappa shape index (κ2) is 8.27. The van der Waals surface area contributed by atoms with E-state index in [1.807, 2.05) is 37.3 Å². The van der Waals surface area contributed by atoms with Gasteiger partial charge in [-0.3, -0.25) is 4.79 Å². The van der Waals surface area contributed by atoms with Crippen molar-refractivity contribution < 1.29 is 19.8 Å². The normalized spacial score (nSPS) is 18.2. The van der Waals surface area contributed by atoms with E-state index in [0.29, 0.717) is 29.0 Å². The lowest BCUT2D eigenvalue weighted by Crippen LogP contribution is -2.48. The van der Waals surface area contributed by atoms with Crippen molar-refractivity contribution >= 4 is 17.7 Å². The molecule has 166 valence electrons. The van der Waals surface area contributed by atoms with Crippen molar-refractivity contribution in [2.75, 3.05) is 0 Å². The van der Waals surface area contributed by atoms with Crippen LogP contribution < -0.4 is 0 Å². The number of rotatable bonds is 6. The summed E-state index contributed by atoms with van der Waals surface area (Å²) in [5.74, 6) is -2.34. The molecule has 3 aromatic rings. The van der Waals surface area contributed by atoms with Gasteiger partial charge in [-0.05, 0) is 63.8 Å². The third kappa shape index (κ3) is 3.34. The molecule has 0 saturated carbocycles. The monoisotopic (exact) mass is 443 g/mol. The summed E-state index contributed by atoms with van der Waals surface area (Å²) in [6, 6.07) is 14.5. The number of hydrogen-bond acceptors (Lipinski definition) is 6. The van der Waals surface area contributed by atoms with E-state index in [-0.39, 0.29) is 11.1 Å². The van der Waals surface area contributed by atoms with Crippen LogP contribution in [0.3, 0.4) is 0 Å². The van der Waals surface area contributed by atoms with Gasteiger partial charge in [-0.1, -0.05) is 49.4 Å². The Morgan fingerprint density at radius 3 is 2.39 bits per heavy atom. The first-order chi connectivity index (χ1) is 15.8. The van der Waals surface area contributed by atoms with Crippen molar-refractivity contribution in [2.24, 2.45) is 0 Å². The number of nitrogens with zero attached hydrogens (tertiary/aromatic N) is 3. The Balaban J connectivity index is 2.04. The van der Waals surface area contributed by atoms with Crippen molar-refractivity contribution in [3.05, 3.63) is 76.9 Å². The van der Waals surface area contributed by atoms with E-state index >= 15 is 0 Å². The van der Waals surface area contributed by atoms with Crippen LogP contribution in [0.5, 0.6) is 0 Å². The molecule has 0 saturated heterocycles. The van der Waals surface area contributed by atoms with E-state index in [1.165, 1.54) is 6.08 Å². The average Bonchev–Trinajstić information content (AvgIpc) is 3.34. The Bertz CT molecular complexity index is 1330. The number of carboxylic acid groups (broad SMARTS) is 2. The van der Waals surface area contributed by atoms with Crippen LogP contribution in [-0.4, -0.2) is 48.5 Å². The lowest BCUT2D eigenvalue weighted by Gasteiger charge is -2.36. The topological polar surface area (TPSA) is 153 Å². The van der Waals surface area contributed by atoms with Gasteiger partial charge in [-0.15, -0.1) is 5.10 Å². The van der Waals surface area contributed by atoms with Crippen molar-refractivity contribution in [3.63, 3.8) is 0 Å². The van der Waals surface area contributed by atoms with E-state index in [9.17, 15) is 19.8 Å². The van der Waals surface area contributed by atoms with Crippen LogP contribution in [0.1, 0.15) is 25.8 Å². The van der Waals surface area contributed by atoms with Gasteiger partial charge in [0.15, 0.2) is 11.2 Å². The standard InChI is InChI=1S/C24H21N5O4/c1-3-14-11-19(22(30)31)20(25)24(13(14)2,23(32)33)16-9-10-17(15-7-5-4-6-8-15)18(12-16)21-26-28-29-27-21/h4-12,25H,3H2,1-2H3,(H,30,31)(H,32,33)(H,26,27,28,29). The molecule has 0 bridgehead atoms. The molecular weight excluding hydrogens is 422 g/mol. The fraction of sp³-hybridized carbons (Fsp3) is 0.167. The Morgan fingerprint density at radius 1 is 1.09 bits per heavy atom. The second-order valence-electron chi connectivity index (χ2n) is 7.67.